The van der Waals surface area contributed by atoms with Crippen LogP contribution < -0.4 is 0 Å². The van der Waals surface area contributed by atoms with Crippen LogP contribution in [0.3, 0.4) is 0 Å². The molecule has 2 aromatic heterocycles. The maximum atomic E-state index is 6.15. The van der Waals surface area contributed by atoms with Crippen LogP contribution in [0, 0.1) is 0 Å². The topological polar surface area (TPSA) is 35.6 Å². The van der Waals surface area contributed by atoms with E-state index in [1.807, 2.05) is 48.3 Å². The number of fused-ring (bicyclic) bond motifs is 1. The molecule has 0 saturated carbocycles. The number of hydrogen-bond acceptors (Lipinski definition) is 3. The molecular weight excluding hydrogens is 352 g/mol. The summed E-state index contributed by atoms with van der Waals surface area (Å²) in [7, 11) is 2.01. The fourth-order valence-corrected chi connectivity index (χ4v) is 3.96. The standard InChI is InChI=1S/C19H17ClN4S/c1-23-10-9-21-18(23)13-25-19-22-16-11-15(20)7-8-17(16)24(19)12-14-5-3-2-4-6-14/h2-11H,12-13H2,1H3. The van der Waals surface area contributed by atoms with Crippen LogP contribution in [0.4, 0.5) is 0 Å². The molecule has 4 aromatic rings. The van der Waals surface area contributed by atoms with E-state index in [4.69, 9.17) is 16.6 Å². The summed E-state index contributed by atoms with van der Waals surface area (Å²) in [6.45, 7) is 0.780. The van der Waals surface area contributed by atoms with E-state index in [2.05, 4.69) is 33.8 Å². The zero-order valence-electron chi connectivity index (χ0n) is 13.8. The van der Waals surface area contributed by atoms with Gasteiger partial charge in [-0.15, -0.1) is 0 Å². The number of halogens is 1. The largest absolute Gasteiger partial charge is 0.337 e. The molecule has 0 unspecified atom stereocenters. The van der Waals surface area contributed by atoms with Gasteiger partial charge in [0.2, 0.25) is 0 Å². The normalized spacial score (nSPS) is 11.3. The predicted molar refractivity (Wildman–Crippen MR) is 103 cm³/mol. The molecule has 0 spiro atoms. The average Bonchev–Trinajstić information content (AvgIpc) is 3.17. The van der Waals surface area contributed by atoms with Crippen molar-refractivity contribution >= 4 is 34.4 Å². The Labute approximate surface area is 155 Å². The van der Waals surface area contributed by atoms with Crippen LogP contribution in [-0.4, -0.2) is 19.1 Å². The molecule has 126 valence electrons. The van der Waals surface area contributed by atoms with E-state index in [1.165, 1.54) is 5.56 Å². The van der Waals surface area contributed by atoms with Crippen LogP contribution in [0.5, 0.6) is 0 Å². The Balaban J connectivity index is 1.71. The zero-order chi connectivity index (χ0) is 17.2. The summed E-state index contributed by atoms with van der Waals surface area (Å²) in [5.74, 6) is 1.80. The summed E-state index contributed by atoms with van der Waals surface area (Å²) in [5.41, 5.74) is 3.26. The molecule has 0 aliphatic carbocycles. The Hall–Kier alpha value is -2.24. The third-order valence-corrected chi connectivity index (χ3v) is 5.32. The minimum absolute atomic E-state index is 0.706. The van der Waals surface area contributed by atoms with Gasteiger partial charge in [0.1, 0.15) is 5.82 Å². The highest BCUT2D eigenvalue weighted by molar-refractivity contribution is 7.98. The van der Waals surface area contributed by atoms with Crippen molar-refractivity contribution in [2.75, 3.05) is 0 Å². The minimum atomic E-state index is 0.706. The van der Waals surface area contributed by atoms with Crippen LogP contribution in [0.1, 0.15) is 11.4 Å². The van der Waals surface area contributed by atoms with Gasteiger partial charge in [0, 0.05) is 24.5 Å². The van der Waals surface area contributed by atoms with E-state index in [0.717, 1.165) is 34.3 Å². The number of imidazole rings is 2. The van der Waals surface area contributed by atoms with Gasteiger partial charge in [-0.1, -0.05) is 53.7 Å². The van der Waals surface area contributed by atoms with Gasteiger partial charge in [-0.3, -0.25) is 0 Å². The Morgan fingerprint density at radius 2 is 1.96 bits per heavy atom. The highest BCUT2D eigenvalue weighted by atomic mass is 35.5. The van der Waals surface area contributed by atoms with Gasteiger partial charge in [0.25, 0.3) is 0 Å². The van der Waals surface area contributed by atoms with E-state index in [0.29, 0.717) is 5.02 Å². The first-order chi connectivity index (χ1) is 12.2. The van der Waals surface area contributed by atoms with Gasteiger partial charge in [-0.2, -0.15) is 0 Å². The predicted octanol–water partition coefficient (Wildman–Crippen LogP) is 4.76. The maximum Gasteiger partial charge on any atom is 0.169 e. The number of nitrogens with zero attached hydrogens (tertiary/aromatic N) is 4. The number of aryl methyl sites for hydroxylation is 1. The lowest BCUT2D eigenvalue weighted by atomic mass is 10.2. The molecule has 0 aliphatic rings. The molecule has 0 amide bonds. The lowest BCUT2D eigenvalue weighted by Crippen LogP contribution is -2.02. The van der Waals surface area contributed by atoms with E-state index in [9.17, 15) is 0 Å². The first-order valence-electron chi connectivity index (χ1n) is 7.99. The highest BCUT2D eigenvalue weighted by Crippen LogP contribution is 2.28. The highest BCUT2D eigenvalue weighted by Gasteiger charge is 2.13. The second-order valence-electron chi connectivity index (χ2n) is 5.84. The van der Waals surface area contributed by atoms with Crippen LogP contribution >= 0.6 is 23.4 Å². The van der Waals surface area contributed by atoms with E-state index in [1.54, 1.807) is 11.8 Å². The number of aromatic nitrogens is 4. The zero-order valence-corrected chi connectivity index (χ0v) is 15.3. The SMILES string of the molecule is Cn1ccnc1CSc1nc2cc(Cl)ccc2n1Cc1ccccc1. The van der Waals surface area contributed by atoms with Crippen LogP contribution in [0.2, 0.25) is 5.02 Å². The van der Waals surface area contributed by atoms with Crippen LogP contribution in [0.15, 0.2) is 66.1 Å². The van der Waals surface area contributed by atoms with Gasteiger partial charge in [-0.25, -0.2) is 9.97 Å². The van der Waals surface area contributed by atoms with Gasteiger partial charge in [0.05, 0.1) is 23.3 Å². The van der Waals surface area contributed by atoms with Gasteiger partial charge in [0.15, 0.2) is 5.16 Å². The summed E-state index contributed by atoms with van der Waals surface area (Å²) in [5, 5.41) is 1.68. The first kappa shape index (κ1) is 16.2. The lowest BCUT2D eigenvalue weighted by molar-refractivity contribution is 0.730. The van der Waals surface area contributed by atoms with Crippen molar-refractivity contribution in [1.29, 1.82) is 0 Å². The van der Waals surface area contributed by atoms with Crippen LogP contribution in [-0.2, 0) is 19.3 Å². The van der Waals surface area contributed by atoms with Crippen molar-refractivity contribution in [3.63, 3.8) is 0 Å². The van der Waals surface area contributed by atoms with Crippen molar-refractivity contribution in [2.24, 2.45) is 7.05 Å². The smallest absolute Gasteiger partial charge is 0.169 e. The molecule has 0 atom stereocenters. The monoisotopic (exact) mass is 368 g/mol. The molecular formula is C19H17ClN4S. The summed E-state index contributed by atoms with van der Waals surface area (Å²) < 4.78 is 4.28. The molecule has 2 aromatic carbocycles. The Morgan fingerprint density at radius 3 is 2.72 bits per heavy atom. The summed E-state index contributed by atoms with van der Waals surface area (Å²) in [4.78, 5) is 9.20. The molecule has 0 fully saturated rings. The minimum Gasteiger partial charge on any atom is -0.337 e. The molecule has 0 radical (unpaired) electrons. The number of benzene rings is 2. The van der Waals surface area contributed by atoms with Crippen molar-refractivity contribution in [3.8, 4) is 0 Å². The molecule has 25 heavy (non-hydrogen) atoms. The fourth-order valence-electron chi connectivity index (χ4n) is 2.77. The molecule has 0 saturated heterocycles. The van der Waals surface area contributed by atoms with E-state index >= 15 is 0 Å². The molecule has 4 rings (SSSR count). The van der Waals surface area contributed by atoms with Crippen molar-refractivity contribution < 1.29 is 0 Å². The van der Waals surface area contributed by atoms with E-state index < -0.39 is 0 Å². The average molecular weight is 369 g/mol. The van der Waals surface area contributed by atoms with E-state index in [-0.39, 0.29) is 0 Å². The van der Waals surface area contributed by atoms with Gasteiger partial charge < -0.3 is 9.13 Å². The number of hydrogen-bond donors (Lipinski definition) is 0. The summed E-state index contributed by atoms with van der Waals surface area (Å²) in [6.07, 6.45) is 3.78. The molecule has 0 bridgehead atoms. The third-order valence-electron chi connectivity index (χ3n) is 4.11. The summed E-state index contributed by atoms with van der Waals surface area (Å²) >= 11 is 7.85. The maximum absolute atomic E-state index is 6.15. The second kappa shape index (κ2) is 6.94. The molecule has 2 heterocycles. The molecule has 6 heteroatoms. The number of thioether (sulfide) groups is 1. The molecule has 0 N–H and O–H groups in total. The van der Waals surface area contributed by atoms with Gasteiger partial charge in [-0.05, 0) is 23.8 Å². The number of rotatable bonds is 5. The Morgan fingerprint density at radius 1 is 1.12 bits per heavy atom. The Bertz CT molecular complexity index is 1010. The quantitative estimate of drug-likeness (QED) is 0.476. The second-order valence-corrected chi connectivity index (χ2v) is 7.22. The van der Waals surface area contributed by atoms with Crippen LogP contribution in [0.25, 0.3) is 11.0 Å². The van der Waals surface area contributed by atoms with Crippen molar-refractivity contribution in [1.82, 2.24) is 19.1 Å². The molecule has 0 aliphatic heterocycles. The van der Waals surface area contributed by atoms with Gasteiger partial charge >= 0.3 is 0 Å². The van der Waals surface area contributed by atoms with Crippen molar-refractivity contribution in [2.45, 2.75) is 17.5 Å². The lowest BCUT2D eigenvalue weighted by Gasteiger charge is -2.09. The van der Waals surface area contributed by atoms with Crippen molar-refractivity contribution in [3.05, 3.63) is 77.3 Å². The third kappa shape index (κ3) is 3.43. The Kier molecular flexibility index (Phi) is 4.51. The fraction of sp³-hybridized carbons (Fsp3) is 0.158. The first-order valence-corrected chi connectivity index (χ1v) is 9.36. The summed E-state index contributed by atoms with van der Waals surface area (Å²) in [6, 6.07) is 16.3. The molecule has 4 nitrogen and oxygen atoms in total.